The molecule has 2 aliphatic carbocycles. The van der Waals surface area contributed by atoms with Crippen LogP contribution in [0.2, 0.25) is 0 Å². The summed E-state index contributed by atoms with van der Waals surface area (Å²) in [6.45, 7) is 0.438. The van der Waals surface area contributed by atoms with Gasteiger partial charge >= 0.3 is 0 Å². The number of benzene rings is 1. The van der Waals surface area contributed by atoms with E-state index < -0.39 is 0 Å². The Kier molecular flexibility index (Phi) is 3.33. The predicted octanol–water partition coefficient (Wildman–Crippen LogP) is 2.67. The number of fused-ring (bicyclic) bond motifs is 2. The van der Waals surface area contributed by atoms with Gasteiger partial charge in [-0.3, -0.25) is 9.63 Å². The number of hydrogen-bond acceptors (Lipinski definition) is 2. The molecule has 96 valence electrons. The monoisotopic (exact) mass is 245 g/mol. The van der Waals surface area contributed by atoms with Crippen LogP contribution in [-0.4, -0.2) is 5.91 Å². The van der Waals surface area contributed by atoms with Gasteiger partial charge in [-0.2, -0.15) is 0 Å². The lowest BCUT2D eigenvalue weighted by atomic mass is 9.88. The predicted molar refractivity (Wildman–Crippen MR) is 68.3 cm³/mol. The van der Waals surface area contributed by atoms with Gasteiger partial charge in [0.25, 0.3) is 0 Å². The summed E-state index contributed by atoms with van der Waals surface area (Å²) in [7, 11) is 0. The van der Waals surface area contributed by atoms with Crippen LogP contribution in [0.25, 0.3) is 0 Å². The van der Waals surface area contributed by atoms with Gasteiger partial charge in [0.05, 0.1) is 6.61 Å². The van der Waals surface area contributed by atoms with Gasteiger partial charge in [0.1, 0.15) is 0 Å². The van der Waals surface area contributed by atoms with Crippen LogP contribution in [-0.2, 0) is 16.2 Å². The molecule has 1 aromatic carbocycles. The Morgan fingerprint density at radius 2 is 2.06 bits per heavy atom. The number of carbonyl (C=O) groups excluding carboxylic acids is 1. The topological polar surface area (TPSA) is 38.3 Å². The first-order valence-electron chi connectivity index (χ1n) is 6.78. The molecule has 0 heterocycles. The van der Waals surface area contributed by atoms with Crippen molar-refractivity contribution in [2.45, 2.75) is 32.3 Å². The van der Waals surface area contributed by atoms with Gasteiger partial charge in [-0.15, -0.1) is 0 Å². The maximum absolute atomic E-state index is 12.0. The van der Waals surface area contributed by atoms with Crippen LogP contribution in [0, 0.1) is 17.8 Å². The lowest BCUT2D eigenvalue weighted by molar-refractivity contribution is -0.140. The minimum absolute atomic E-state index is 0.0816. The Balaban J connectivity index is 1.45. The SMILES string of the molecule is O=C(NOCc1ccccc1)C1CC2CCC1C2. The molecule has 0 saturated heterocycles. The number of amides is 1. The summed E-state index contributed by atoms with van der Waals surface area (Å²) in [6.07, 6.45) is 4.85. The first-order valence-corrected chi connectivity index (χ1v) is 6.78. The lowest BCUT2D eigenvalue weighted by Crippen LogP contribution is -2.33. The molecular formula is C15H19NO2. The molecule has 0 spiro atoms. The van der Waals surface area contributed by atoms with E-state index in [1.165, 1.54) is 19.3 Å². The van der Waals surface area contributed by atoms with E-state index in [1.807, 2.05) is 30.3 Å². The second-order valence-electron chi connectivity index (χ2n) is 5.52. The van der Waals surface area contributed by atoms with Crippen molar-refractivity contribution in [2.24, 2.45) is 17.8 Å². The molecule has 1 aromatic rings. The Labute approximate surface area is 107 Å². The van der Waals surface area contributed by atoms with Crippen molar-refractivity contribution >= 4 is 5.91 Å². The summed E-state index contributed by atoms with van der Waals surface area (Å²) in [5, 5.41) is 0. The third kappa shape index (κ3) is 2.41. The fourth-order valence-corrected chi connectivity index (χ4v) is 3.41. The maximum Gasteiger partial charge on any atom is 0.246 e. The minimum atomic E-state index is 0.0816. The van der Waals surface area contributed by atoms with Crippen LogP contribution >= 0.6 is 0 Å². The average Bonchev–Trinajstić information content (AvgIpc) is 3.02. The van der Waals surface area contributed by atoms with E-state index >= 15 is 0 Å². The van der Waals surface area contributed by atoms with Gasteiger partial charge in [0.2, 0.25) is 5.91 Å². The highest BCUT2D eigenvalue weighted by Crippen LogP contribution is 2.48. The Morgan fingerprint density at radius 3 is 2.72 bits per heavy atom. The molecule has 18 heavy (non-hydrogen) atoms. The number of carbonyl (C=O) groups is 1. The highest BCUT2D eigenvalue weighted by Gasteiger charge is 2.43. The van der Waals surface area contributed by atoms with Gasteiger partial charge in [0, 0.05) is 5.92 Å². The van der Waals surface area contributed by atoms with Gasteiger partial charge in [-0.25, -0.2) is 5.48 Å². The summed E-state index contributed by atoms with van der Waals surface area (Å²) in [6, 6.07) is 9.89. The molecule has 3 nitrogen and oxygen atoms in total. The molecule has 1 amide bonds. The summed E-state index contributed by atoms with van der Waals surface area (Å²) in [5.41, 5.74) is 3.69. The van der Waals surface area contributed by atoms with Gasteiger partial charge in [-0.1, -0.05) is 36.8 Å². The van der Waals surface area contributed by atoms with Crippen molar-refractivity contribution < 1.29 is 9.63 Å². The molecule has 3 heteroatoms. The normalized spacial score (nSPS) is 29.4. The minimum Gasteiger partial charge on any atom is -0.272 e. The summed E-state index contributed by atoms with van der Waals surface area (Å²) in [5.74, 6) is 1.67. The highest BCUT2D eigenvalue weighted by atomic mass is 16.6. The zero-order chi connectivity index (χ0) is 12.4. The second-order valence-corrected chi connectivity index (χ2v) is 5.52. The van der Waals surface area contributed by atoms with E-state index in [-0.39, 0.29) is 11.8 Å². The van der Waals surface area contributed by atoms with Gasteiger partial charge < -0.3 is 0 Å². The standard InChI is InChI=1S/C15H19NO2/c17-15(14-9-12-6-7-13(14)8-12)16-18-10-11-4-2-1-3-5-11/h1-5,12-14H,6-10H2,(H,16,17). The number of hydrogen-bond donors (Lipinski definition) is 1. The molecule has 2 aliphatic rings. The average molecular weight is 245 g/mol. The number of hydroxylamine groups is 1. The van der Waals surface area contributed by atoms with E-state index in [1.54, 1.807) is 0 Å². The number of rotatable bonds is 4. The van der Waals surface area contributed by atoms with Crippen molar-refractivity contribution in [3.63, 3.8) is 0 Å². The Bertz CT molecular complexity index is 418. The highest BCUT2D eigenvalue weighted by molar-refractivity contribution is 5.78. The maximum atomic E-state index is 12.0. The van der Waals surface area contributed by atoms with Crippen LogP contribution in [0.5, 0.6) is 0 Å². The quantitative estimate of drug-likeness (QED) is 0.828. The van der Waals surface area contributed by atoms with Crippen LogP contribution in [0.4, 0.5) is 0 Å². The second kappa shape index (κ2) is 5.11. The van der Waals surface area contributed by atoms with Crippen LogP contribution < -0.4 is 5.48 Å². The number of nitrogens with one attached hydrogen (secondary N) is 1. The smallest absolute Gasteiger partial charge is 0.246 e. The zero-order valence-electron chi connectivity index (χ0n) is 10.5. The third-order valence-corrected chi connectivity index (χ3v) is 4.33. The van der Waals surface area contributed by atoms with Crippen LogP contribution in [0.1, 0.15) is 31.2 Å². The fourth-order valence-electron chi connectivity index (χ4n) is 3.41. The molecule has 3 rings (SSSR count). The lowest BCUT2D eigenvalue weighted by Gasteiger charge is -2.20. The van der Waals surface area contributed by atoms with E-state index in [4.69, 9.17) is 4.84 Å². The molecule has 0 aliphatic heterocycles. The molecule has 0 radical (unpaired) electrons. The van der Waals surface area contributed by atoms with Crippen LogP contribution in [0.3, 0.4) is 0 Å². The summed E-state index contributed by atoms with van der Waals surface area (Å²) >= 11 is 0. The van der Waals surface area contributed by atoms with Gasteiger partial charge in [-0.05, 0) is 36.7 Å². The van der Waals surface area contributed by atoms with Crippen molar-refractivity contribution in [3.8, 4) is 0 Å². The van der Waals surface area contributed by atoms with Crippen molar-refractivity contribution in [1.82, 2.24) is 5.48 Å². The van der Waals surface area contributed by atoms with Gasteiger partial charge in [0.15, 0.2) is 0 Å². The van der Waals surface area contributed by atoms with E-state index in [0.717, 1.165) is 17.9 Å². The third-order valence-electron chi connectivity index (χ3n) is 4.33. The Hall–Kier alpha value is -1.35. The molecule has 3 unspecified atom stereocenters. The first kappa shape index (κ1) is 11.7. The molecule has 2 bridgehead atoms. The fraction of sp³-hybridized carbons (Fsp3) is 0.533. The molecule has 2 saturated carbocycles. The van der Waals surface area contributed by atoms with E-state index in [2.05, 4.69) is 5.48 Å². The molecular weight excluding hydrogens is 226 g/mol. The van der Waals surface area contributed by atoms with E-state index in [0.29, 0.717) is 12.5 Å². The zero-order valence-corrected chi connectivity index (χ0v) is 10.5. The van der Waals surface area contributed by atoms with Crippen molar-refractivity contribution in [3.05, 3.63) is 35.9 Å². The van der Waals surface area contributed by atoms with Crippen LogP contribution in [0.15, 0.2) is 30.3 Å². The van der Waals surface area contributed by atoms with E-state index in [9.17, 15) is 4.79 Å². The first-order chi connectivity index (χ1) is 8.83. The molecule has 2 fully saturated rings. The molecule has 0 aromatic heterocycles. The summed E-state index contributed by atoms with van der Waals surface area (Å²) in [4.78, 5) is 17.3. The largest absolute Gasteiger partial charge is 0.272 e. The molecule has 3 atom stereocenters. The van der Waals surface area contributed by atoms with Crippen molar-refractivity contribution in [1.29, 1.82) is 0 Å². The molecule has 1 N–H and O–H groups in total. The Morgan fingerprint density at radius 1 is 1.22 bits per heavy atom. The van der Waals surface area contributed by atoms with Crippen molar-refractivity contribution in [2.75, 3.05) is 0 Å². The summed E-state index contributed by atoms with van der Waals surface area (Å²) < 4.78 is 0.